The zero-order valence-corrected chi connectivity index (χ0v) is 14.9. The van der Waals surface area contributed by atoms with Crippen LogP contribution in [0.2, 0.25) is 5.02 Å². The Labute approximate surface area is 149 Å². The average Bonchev–Trinajstić information content (AvgIpc) is 2.99. The zero-order valence-electron chi connectivity index (χ0n) is 13.4. The predicted octanol–water partition coefficient (Wildman–Crippen LogP) is 4.44. The molecule has 0 aliphatic rings. The summed E-state index contributed by atoms with van der Waals surface area (Å²) in [6.45, 7) is 2.37. The van der Waals surface area contributed by atoms with E-state index in [0.717, 1.165) is 22.0 Å². The second-order valence-electron chi connectivity index (χ2n) is 5.44. The van der Waals surface area contributed by atoms with Crippen LogP contribution in [0.3, 0.4) is 0 Å². The molecule has 122 valence electrons. The van der Waals surface area contributed by atoms with E-state index < -0.39 is 0 Å². The molecule has 3 rings (SSSR count). The Bertz CT molecular complexity index is 846. The van der Waals surface area contributed by atoms with Crippen LogP contribution in [0.1, 0.15) is 20.9 Å². The maximum atomic E-state index is 12.7. The van der Waals surface area contributed by atoms with Gasteiger partial charge >= 0.3 is 0 Å². The topological polar surface area (TPSA) is 46.1 Å². The standard InChI is InChI=1S/C18H16ClN3OS/c1-12-16(24-17(21-12)15-5-3-4-10-20-15)18(23)22(2)11-13-6-8-14(19)9-7-13/h3-10H,11H2,1-2H3. The van der Waals surface area contributed by atoms with E-state index in [1.807, 2.05) is 49.4 Å². The molecule has 0 atom stereocenters. The maximum absolute atomic E-state index is 12.7. The van der Waals surface area contributed by atoms with E-state index in [4.69, 9.17) is 11.6 Å². The minimum Gasteiger partial charge on any atom is -0.337 e. The summed E-state index contributed by atoms with van der Waals surface area (Å²) in [6.07, 6.45) is 1.72. The van der Waals surface area contributed by atoms with Gasteiger partial charge < -0.3 is 4.90 Å². The van der Waals surface area contributed by atoms with E-state index in [0.29, 0.717) is 16.4 Å². The average molecular weight is 358 g/mol. The molecule has 0 spiro atoms. The molecule has 0 radical (unpaired) electrons. The number of hydrogen-bond donors (Lipinski definition) is 0. The molecule has 2 heterocycles. The van der Waals surface area contributed by atoms with Crippen molar-refractivity contribution in [2.24, 2.45) is 0 Å². The second-order valence-corrected chi connectivity index (χ2v) is 6.87. The Morgan fingerprint density at radius 1 is 1.21 bits per heavy atom. The number of hydrogen-bond acceptors (Lipinski definition) is 4. The fourth-order valence-electron chi connectivity index (χ4n) is 2.30. The van der Waals surface area contributed by atoms with Crippen molar-refractivity contribution in [3.63, 3.8) is 0 Å². The number of amides is 1. The molecule has 1 aromatic carbocycles. The summed E-state index contributed by atoms with van der Waals surface area (Å²) in [7, 11) is 1.79. The molecule has 0 unspecified atom stereocenters. The van der Waals surface area contributed by atoms with Gasteiger partial charge in [0.2, 0.25) is 0 Å². The van der Waals surface area contributed by atoms with E-state index in [1.165, 1.54) is 11.3 Å². The van der Waals surface area contributed by atoms with E-state index >= 15 is 0 Å². The SMILES string of the molecule is Cc1nc(-c2ccccn2)sc1C(=O)N(C)Cc1ccc(Cl)cc1. The number of carbonyl (C=O) groups is 1. The first-order valence-corrected chi connectivity index (χ1v) is 8.63. The molecule has 0 bridgehead atoms. The fourth-order valence-corrected chi connectivity index (χ4v) is 3.47. The first-order valence-electron chi connectivity index (χ1n) is 7.43. The Morgan fingerprint density at radius 2 is 1.96 bits per heavy atom. The molecule has 2 aromatic heterocycles. The van der Waals surface area contributed by atoms with Crippen LogP contribution < -0.4 is 0 Å². The van der Waals surface area contributed by atoms with Crippen LogP contribution in [0.25, 0.3) is 10.7 Å². The van der Waals surface area contributed by atoms with Crippen molar-refractivity contribution in [1.29, 1.82) is 0 Å². The van der Waals surface area contributed by atoms with E-state index in [1.54, 1.807) is 18.1 Å². The molecule has 0 N–H and O–H groups in total. The van der Waals surface area contributed by atoms with Gasteiger partial charge in [0.05, 0.1) is 11.4 Å². The molecule has 4 nitrogen and oxygen atoms in total. The lowest BCUT2D eigenvalue weighted by Gasteiger charge is -2.16. The summed E-state index contributed by atoms with van der Waals surface area (Å²) in [6, 6.07) is 13.2. The third kappa shape index (κ3) is 3.63. The molecule has 6 heteroatoms. The quantitative estimate of drug-likeness (QED) is 0.693. The van der Waals surface area contributed by atoms with E-state index in [-0.39, 0.29) is 5.91 Å². The third-order valence-electron chi connectivity index (χ3n) is 3.55. The van der Waals surface area contributed by atoms with Crippen LogP contribution >= 0.6 is 22.9 Å². The predicted molar refractivity (Wildman–Crippen MR) is 97.3 cm³/mol. The summed E-state index contributed by atoms with van der Waals surface area (Å²) < 4.78 is 0. The number of benzene rings is 1. The van der Waals surface area contributed by atoms with Gasteiger partial charge in [-0.25, -0.2) is 4.98 Å². The largest absolute Gasteiger partial charge is 0.337 e. The zero-order chi connectivity index (χ0) is 17.1. The number of aryl methyl sites for hydroxylation is 1. The van der Waals surface area contributed by atoms with Crippen molar-refractivity contribution >= 4 is 28.8 Å². The summed E-state index contributed by atoms with van der Waals surface area (Å²) in [5, 5.41) is 1.45. The van der Waals surface area contributed by atoms with E-state index in [9.17, 15) is 4.79 Å². The highest BCUT2D eigenvalue weighted by molar-refractivity contribution is 7.17. The van der Waals surface area contributed by atoms with Gasteiger partial charge in [0.1, 0.15) is 9.88 Å². The van der Waals surface area contributed by atoms with Gasteiger partial charge in [-0.15, -0.1) is 11.3 Å². The first kappa shape index (κ1) is 16.6. The molecule has 0 saturated carbocycles. The molecular weight excluding hydrogens is 342 g/mol. The number of nitrogens with zero attached hydrogens (tertiary/aromatic N) is 3. The fraction of sp³-hybridized carbons (Fsp3) is 0.167. The highest BCUT2D eigenvalue weighted by atomic mass is 35.5. The summed E-state index contributed by atoms with van der Waals surface area (Å²) in [5.41, 5.74) is 2.54. The first-order chi connectivity index (χ1) is 11.5. The van der Waals surface area contributed by atoms with Crippen molar-refractivity contribution in [3.8, 4) is 10.7 Å². The van der Waals surface area contributed by atoms with Gasteiger partial charge in [-0.3, -0.25) is 9.78 Å². The lowest BCUT2D eigenvalue weighted by Crippen LogP contribution is -2.26. The number of halogens is 1. The molecule has 1 amide bonds. The van der Waals surface area contributed by atoms with Crippen molar-refractivity contribution < 1.29 is 4.79 Å². The molecule has 3 aromatic rings. The molecular formula is C18H16ClN3OS. The normalized spacial score (nSPS) is 10.6. The minimum atomic E-state index is -0.0397. The van der Waals surface area contributed by atoms with Crippen LogP contribution in [-0.2, 0) is 6.54 Å². The highest BCUT2D eigenvalue weighted by Crippen LogP contribution is 2.27. The molecule has 0 fully saturated rings. The number of aromatic nitrogens is 2. The van der Waals surface area contributed by atoms with Crippen LogP contribution in [0.15, 0.2) is 48.7 Å². The van der Waals surface area contributed by atoms with Gasteiger partial charge in [-0.2, -0.15) is 0 Å². The number of thiazole rings is 1. The summed E-state index contributed by atoms with van der Waals surface area (Å²) in [4.78, 5) is 23.9. The number of carbonyl (C=O) groups excluding carboxylic acids is 1. The third-order valence-corrected chi connectivity index (χ3v) is 4.97. The Balaban J connectivity index is 1.79. The van der Waals surface area contributed by atoms with Crippen molar-refractivity contribution in [2.75, 3.05) is 7.05 Å². The summed E-state index contributed by atoms with van der Waals surface area (Å²) >= 11 is 7.27. The van der Waals surface area contributed by atoms with Crippen molar-refractivity contribution in [1.82, 2.24) is 14.9 Å². The second kappa shape index (κ2) is 7.11. The van der Waals surface area contributed by atoms with Gasteiger partial charge in [0, 0.05) is 24.8 Å². The van der Waals surface area contributed by atoms with Crippen LogP contribution in [0, 0.1) is 6.92 Å². The Kier molecular flexibility index (Phi) is 4.92. The smallest absolute Gasteiger partial charge is 0.265 e. The van der Waals surface area contributed by atoms with Gasteiger partial charge in [0.25, 0.3) is 5.91 Å². The highest BCUT2D eigenvalue weighted by Gasteiger charge is 2.20. The molecule has 0 aliphatic heterocycles. The Morgan fingerprint density at radius 3 is 2.62 bits per heavy atom. The molecule has 0 aliphatic carbocycles. The van der Waals surface area contributed by atoms with Crippen LogP contribution in [0.4, 0.5) is 0 Å². The van der Waals surface area contributed by atoms with Crippen LogP contribution in [0.5, 0.6) is 0 Å². The van der Waals surface area contributed by atoms with Crippen molar-refractivity contribution in [2.45, 2.75) is 13.5 Å². The Hall–Kier alpha value is -2.24. The van der Waals surface area contributed by atoms with Gasteiger partial charge in [-0.1, -0.05) is 29.8 Å². The van der Waals surface area contributed by atoms with E-state index in [2.05, 4.69) is 9.97 Å². The lowest BCUT2D eigenvalue weighted by molar-refractivity contribution is 0.0789. The number of rotatable bonds is 4. The monoisotopic (exact) mass is 357 g/mol. The minimum absolute atomic E-state index is 0.0397. The van der Waals surface area contributed by atoms with Gasteiger partial charge in [-0.05, 0) is 36.8 Å². The summed E-state index contributed by atoms with van der Waals surface area (Å²) in [5.74, 6) is -0.0397. The number of pyridine rings is 1. The molecule has 0 saturated heterocycles. The van der Waals surface area contributed by atoms with Crippen molar-refractivity contribution in [3.05, 3.63) is 69.8 Å². The lowest BCUT2D eigenvalue weighted by atomic mass is 10.2. The molecule has 24 heavy (non-hydrogen) atoms. The maximum Gasteiger partial charge on any atom is 0.265 e. The van der Waals surface area contributed by atoms with Gasteiger partial charge in [0.15, 0.2) is 0 Å². The van der Waals surface area contributed by atoms with Crippen LogP contribution in [-0.4, -0.2) is 27.8 Å².